The number of rotatable bonds is 6. The fourth-order valence-corrected chi connectivity index (χ4v) is 3.21. The van der Waals surface area contributed by atoms with Gasteiger partial charge in [-0.1, -0.05) is 12.1 Å². The molecule has 1 unspecified atom stereocenters. The first-order valence-corrected chi connectivity index (χ1v) is 6.92. The second-order valence-electron chi connectivity index (χ2n) is 3.71. The van der Waals surface area contributed by atoms with Gasteiger partial charge in [0.1, 0.15) is 10.7 Å². The topological polar surface area (TPSA) is 66.4 Å². The Hall–Kier alpha value is -0.980. The third kappa shape index (κ3) is 3.76. The quantitative estimate of drug-likeness (QED) is 0.785. The minimum absolute atomic E-state index is 0.113. The number of hydrogen-bond donors (Lipinski definition) is 2. The SMILES string of the molecule is CNC(CCO)CS(=O)(=O)c1ccccc1F. The highest BCUT2D eigenvalue weighted by molar-refractivity contribution is 7.91. The Morgan fingerprint density at radius 3 is 2.59 bits per heavy atom. The second kappa shape index (κ2) is 6.09. The smallest absolute Gasteiger partial charge is 0.182 e. The maximum atomic E-state index is 13.4. The molecule has 17 heavy (non-hydrogen) atoms. The van der Waals surface area contributed by atoms with Crippen LogP contribution in [0.1, 0.15) is 6.42 Å². The van der Waals surface area contributed by atoms with E-state index in [-0.39, 0.29) is 23.3 Å². The minimum Gasteiger partial charge on any atom is -0.396 e. The van der Waals surface area contributed by atoms with Gasteiger partial charge in [-0.25, -0.2) is 12.8 Å². The van der Waals surface area contributed by atoms with Crippen molar-refractivity contribution in [3.05, 3.63) is 30.1 Å². The third-order valence-corrected chi connectivity index (χ3v) is 4.32. The summed E-state index contributed by atoms with van der Waals surface area (Å²) in [6.45, 7) is -0.113. The van der Waals surface area contributed by atoms with E-state index in [1.165, 1.54) is 18.2 Å². The molecule has 0 aromatic heterocycles. The molecule has 1 atom stereocenters. The first-order valence-electron chi connectivity index (χ1n) is 5.26. The van der Waals surface area contributed by atoms with Crippen molar-refractivity contribution in [2.45, 2.75) is 17.4 Å². The summed E-state index contributed by atoms with van der Waals surface area (Å²) in [7, 11) is -2.06. The summed E-state index contributed by atoms with van der Waals surface area (Å²) in [5, 5.41) is 11.6. The molecule has 0 aliphatic carbocycles. The van der Waals surface area contributed by atoms with E-state index < -0.39 is 15.7 Å². The molecule has 0 aliphatic heterocycles. The van der Waals surface area contributed by atoms with E-state index in [2.05, 4.69) is 5.32 Å². The molecule has 2 N–H and O–H groups in total. The van der Waals surface area contributed by atoms with Gasteiger partial charge in [0.05, 0.1) is 5.75 Å². The highest BCUT2D eigenvalue weighted by Gasteiger charge is 2.22. The second-order valence-corrected chi connectivity index (χ2v) is 5.71. The number of aliphatic hydroxyl groups excluding tert-OH is 1. The van der Waals surface area contributed by atoms with Gasteiger partial charge in [-0.3, -0.25) is 0 Å². The number of aliphatic hydroxyl groups is 1. The molecule has 0 amide bonds. The Morgan fingerprint density at radius 2 is 2.06 bits per heavy atom. The van der Waals surface area contributed by atoms with Crippen molar-refractivity contribution in [1.82, 2.24) is 5.32 Å². The number of nitrogens with one attached hydrogen (secondary N) is 1. The average Bonchev–Trinajstić information content (AvgIpc) is 2.28. The highest BCUT2D eigenvalue weighted by Crippen LogP contribution is 2.16. The zero-order chi connectivity index (χ0) is 12.9. The molecule has 0 radical (unpaired) electrons. The van der Waals surface area contributed by atoms with Crippen LogP contribution in [0.5, 0.6) is 0 Å². The zero-order valence-electron chi connectivity index (χ0n) is 9.56. The van der Waals surface area contributed by atoms with Crippen LogP contribution in [0.25, 0.3) is 0 Å². The molecule has 0 saturated heterocycles. The lowest BCUT2D eigenvalue weighted by atomic mass is 10.2. The first kappa shape index (κ1) is 14.1. The van der Waals surface area contributed by atoms with Crippen molar-refractivity contribution in [2.24, 2.45) is 0 Å². The van der Waals surface area contributed by atoms with Gasteiger partial charge >= 0.3 is 0 Å². The molecular weight excluding hydrogens is 245 g/mol. The van der Waals surface area contributed by atoms with Gasteiger partial charge in [-0.15, -0.1) is 0 Å². The Balaban J connectivity index is 2.92. The molecule has 1 rings (SSSR count). The van der Waals surface area contributed by atoms with Crippen LogP contribution in [-0.4, -0.2) is 39.0 Å². The van der Waals surface area contributed by atoms with Gasteiger partial charge in [-0.2, -0.15) is 0 Å². The van der Waals surface area contributed by atoms with Crippen LogP contribution < -0.4 is 5.32 Å². The Labute approximate surface area is 100 Å². The number of hydrogen-bond acceptors (Lipinski definition) is 4. The predicted octanol–water partition coefficient (Wildman–Crippen LogP) is 0.570. The standard InChI is InChI=1S/C11H16FNO3S/c1-13-9(6-7-14)8-17(15,16)11-5-3-2-4-10(11)12/h2-5,9,13-14H,6-8H2,1H3. The fraction of sp³-hybridized carbons (Fsp3) is 0.455. The molecule has 96 valence electrons. The summed E-state index contributed by atoms with van der Waals surface area (Å²) < 4.78 is 37.2. The van der Waals surface area contributed by atoms with Gasteiger partial charge < -0.3 is 10.4 Å². The van der Waals surface area contributed by atoms with Gasteiger partial charge in [0, 0.05) is 12.6 Å². The van der Waals surface area contributed by atoms with Crippen LogP contribution >= 0.6 is 0 Å². The average molecular weight is 261 g/mol. The molecule has 1 aromatic rings. The molecular formula is C11H16FNO3S. The van der Waals surface area contributed by atoms with E-state index in [1.54, 1.807) is 7.05 Å². The predicted molar refractivity (Wildman–Crippen MR) is 63.0 cm³/mol. The minimum atomic E-state index is -3.67. The molecule has 0 spiro atoms. The van der Waals surface area contributed by atoms with E-state index >= 15 is 0 Å². The van der Waals surface area contributed by atoms with E-state index in [9.17, 15) is 12.8 Å². The maximum Gasteiger partial charge on any atom is 0.182 e. The van der Waals surface area contributed by atoms with Crippen LogP contribution in [0.3, 0.4) is 0 Å². The van der Waals surface area contributed by atoms with Crippen molar-refractivity contribution >= 4 is 9.84 Å². The molecule has 0 bridgehead atoms. The zero-order valence-corrected chi connectivity index (χ0v) is 10.4. The largest absolute Gasteiger partial charge is 0.396 e. The van der Waals surface area contributed by atoms with E-state index in [4.69, 9.17) is 5.11 Å². The summed E-state index contributed by atoms with van der Waals surface area (Å²) in [4.78, 5) is -0.293. The van der Waals surface area contributed by atoms with Crippen molar-refractivity contribution in [3.63, 3.8) is 0 Å². The summed E-state index contributed by atoms with van der Waals surface area (Å²) in [6, 6.07) is 4.90. The van der Waals surface area contributed by atoms with Gasteiger partial charge in [0.25, 0.3) is 0 Å². The summed E-state index contributed by atoms with van der Waals surface area (Å²) in [5.41, 5.74) is 0. The summed E-state index contributed by atoms with van der Waals surface area (Å²) in [5.74, 6) is -0.975. The van der Waals surface area contributed by atoms with E-state index in [0.29, 0.717) is 6.42 Å². The van der Waals surface area contributed by atoms with Gasteiger partial charge in [-0.05, 0) is 25.6 Å². The third-order valence-electron chi connectivity index (χ3n) is 2.48. The van der Waals surface area contributed by atoms with Crippen molar-refractivity contribution in [1.29, 1.82) is 0 Å². The van der Waals surface area contributed by atoms with Crippen LogP contribution in [-0.2, 0) is 9.84 Å². The Kier molecular flexibility index (Phi) is 5.04. The molecule has 0 saturated carbocycles. The van der Waals surface area contributed by atoms with Gasteiger partial charge in [0.15, 0.2) is 9.84 Å². The highest BCUT2D eigenvalue weighted by atomic mass is 32.2. The molecule has 0 aliphatic rings. The molecule has 0 fully saturated rings. The van der Waals surface area contributed by atoms with Crippen molar-refractivity contribution in [3.8, 4) is 0 Å². The molecule has 1 aromatic carbocycles. The van der Waals surface area contributed by atoms with Crippen molar-refractivity contribution < 1.29 is 17.9 Å². The Bertz CT molecular complexity index is 462. The normalized spacial score (nSPS) is 13.6. The van der Waals surface area contributed by atoms with Crippen LogP contribution in [0.15, 0.2) is 29.2 Å². The maximum absolute atomic E-state index is 13.4. The lowest BCUT2D eigenvalue weighted by Crippen LogP contribution is -2.34. The lowest BCUT2D eigenvalue weighted by molar-refractivity contribution is 0.272. The summed E-state index contributed by atoms with van der Waals surface area (Å²) in [6.07, 6.45) is 0.310. The number of sulfone groups is 1. The Morgan fingerprint density at radius 1 is 1.41 bits per heavy atom. The summed E-state index contributed by atoms with van der Waals surface area (Å²) >= 11 is 0. The van der Waals surface area contributed by atoms with Crippen LogP contribution in [0.4, 0.5) is 4.39 Å². The van der Waals surface area contributed by atoms with Crippen LogP contribution in [0, 0.1) is 5.82 Å². The lowest BCUT2D eigenvalue weighted by Gasteiger charge is -2.15. The fourth-order valence-electron chi connectivity index (χ4n) is 1.52. The molecule has 4 nitrogen and oxygen atoms in total. The number of halogens is 1. The molecule has 6 heteroatoms. The number of benzene rings is 1. The van der Waals surface area contributed by atoms with Crippen LogP contribution in [0.2, 0.25) is 0 Å². The van der Waals surface area contributed by atoms with Crippen molar-refractivity contribution in [2.75, 3.05) is 19.4 Å². The monoisotopic (exact) mass is 261 g/mol. The van der Waals surface area contributed by atoms with E-state index in [1.807, 2.05) is 0 Å². The first-order chi connectivity index (χ1) is 8.01. The molecule has 0 heterocycles. The van der Waals surface area contributed by atoms with E-state index in [0.717, 1.165) is 6.07 Å². The van der Waals surface area contributed by atoms with Gasteiger partial charge in [0.2, 0.25) is 0 Å².